The van der Waals surface area contributed by atoms with Crippen LogP contribution in [0.25, 0.3) is 11.0 Å². The highest BCUT2D eigenvalue weighted by Crippen LogP contribution is 2.25. The predicted octanol–water partition coefficient (Wildman–Crippen LogP) is 4.17. The Bertz CT molecular complexity index is 877. The van der Waals surface area contributed by atoms with Crippen LogP contribution in [0.15, 0.2) is 52.1 Å². The van der Waals surface area contributed by atoms with E-state index >= 15 is 0 Å². The maximum absolute atomic E-state index is 12.2. The van der Waals surface area contributed by atoms with E-state index in [9.17, 15) is 14.9 Å². The number of non-ortho nitro benzene ring substituents is 1. The monoisotopic (exact) mass is 377 g/mol. The molecule has 0 spiro atoms. The summed E-state index contributed by atoms with van der Waals surface area (Å²) in [6, 6.07) is 11.3. The Morgan fingerprint density at radius 2 is 1.95 bits per heavy atom. The van der Waals surface area contributed by atoms with Crippen LogP contribution >= 0.6 is 27.7 Å². The van der Waals surface area contributed by atoms with Crippen LogP contribution in [0.5, 0.6) is 0 Å². The van der Waals surface area contributed by atoms with Gasteiger partial charge in [-0.1, -0.05) is 15.9 Å². The van der Waals surface area contributed by atoms with Crippen LogP contribution in [0.2, 0.25) is 0 Å². The number of nitrogens with zero attached hydrogens (tertiary/aromatic N) is 2. The summed E-state index contributed by atoms with van der Waals surface area (Å²) in [5, 5.41) is 11.0. The molecule has 3 rings (SSSR count). The minimum absolute atomic E-state index is 0.0214. The molecule has 22 heavy (non-hydrogen) atoms. The number of nitrogens with one attached hydrogen (secondary N) is 1. The number of hydrogen-bond acceptors (Lipinski definition) is 5. The fourth-order valence-electron chi connectivity index (χ4n) is 1.87. The van der Waals surface area contributed by atoms with E-state index in [1.165, 1.54) is 12.1 Å². The zero-order valence-corrected chi connectivity index (χ0v) is 13.3. The molecular formula is C14H8BrN3O3S. The first-order valence-electron chi connectivity index (χ1n) is 6.15. The zero-order chi connectivity index (χ0) is 15.7. The third-order valence-corrected chi connectivity index (χ3v) is 4.26. The van der Waals surface area contributed by atoms with Gasteiger partial charge >= 0.3 is 0 Å². The molecule has 110 valence electrons. The number of hydrogen-bond donors (Lipinski definition) is 1. The molecular weight excluding hydrogens is 370 g/mol. The number of imidazole rings is 1. The van der Waals surface area contributed by atoms with Gasteiger partial charge in [-0.3, -0.25) is 14.9 Å². The van der Waals surface area contributed by atoms with Gasteiger partial charge in [0.15, 0.2) is 5.16 Å². The zero-order valence-electron chi connectivity index (χ0n) is 10.9. The molecule has 3 aromatic rings. The van der Waals surface area contributed by atoms with Crippen molar-refractivity contribution in [1.82, 2.24) is 9.97 Å². The van der Waals surface area contributed by atoms with E-state index in [-0.39, 0.29) is 10.8 Å². The summed E-state index contributed by atoms with van der Waals surface area (Å²) in [7, 11) is 0. The maximum atomic E-state index is 12.2. The number of H-pyrrole nitrogens is 1. The number of rotatable bonds is 3. The van der Waals surface area contributed by atoms with Crippen LogP contribution < -0.4 is 0 Å². The van der Waals surface area contributed by atoms with Gasteiger partial charge in [0, 0.05) is 22.2 Å². The summed E-state index contributed by atoms with van der Waals surface area (Å²) in [6.45, 7) is 0. The number of nitro benzene ring substituents is 1. The minimum atomic E-state index is -0.472. The normalized spacial score (nSPS) is 10.8. The van der Waals surface area contributed by atoms with Gasteiger partial charge in [0.2, 0.25) is 5.12 Å². The predicted molar refractivity (Wildman–Crippen MR) is 87.1 cm³/mol. The SMILES string of the molecule is O=C(Sc1nc2ccc([N+](=O)[O-])cc2[nH]1)c1ccc(Br)cc1. The van der Waals surface area contributed by atoms with E-state index in [2.05, 4.69) is 25.9 Å². The van der Waals surface area contributed by atoms with E-state index in [4.69, 9.17) is 0 Å². The van der Waals surface area contributed by atoms with Crippen LogP contribution in [0.1, 0.15) is 10.4 Å². The third-order valence-electron chi connectivity index (χ3n) is 2.92. The van der Waals surface area contributed by atoms with Crippen molar-refractivity contribution in [2.24, 2.45) is 0 Å². The molecule has 0 aliphatic rings. The molecule has 0 radical (unpaired) electrons. The van der Waals surface area contributed by atoms with E-state index < -0.39 is 4.92 Å². The molecule has 0 saturated carbocycles. The van der Waals surface area contributed by atoms with E-state index in [1.807, 2.05) is 0 Å². The molecule has 8 heteroatoms. The number of halogens is 1. The fourth-order valence-corrected chi connectivity index (χ4v) is 2.87. The van der Waals surface area contributed by atoms with Gasteiger partial charge in [0.05, 0.1) is 16.0 Å². The summed E-state index contributed by atoms with van der Waals surface area (Å²) in [5.41, 5.74) is 1.64. The number of aromatic nitrogens is 2. The molecule has 1 N–H and O–H groups in total. The first-order valence-corrected chi connectivity index (χ1v) is 7.76. The minimum Gasteiger partial charge on any atom is -0.332 e. The third kappa shape index (κ3) is 3.02. The summed E-state index contributed by atoms with van der Waals surface area (Å²) in [4.78, 5) is 29.6. The number of nitro groups is 1. The largest absolute Gasteiger partial charge is 0.332 e. The number of fused-ring (bicyclic) bond motifs is 1. The average molecular weight is 378 g/mol. The molecule has 2 aromatic carbocycles. The number of thioether (sulfide) groups is 1. The van der Waals surface area contributed by atoms with Gasteiger partial charge in [-0.15, -0.1) is 0 Å². The van der Waals surface area contributed by atoms with Crippen molar-refractivity contribution in [1.29, 1.82) is 0 Å². The van der Waals surface area contributed by atoms with Crippen molar-refractivity contribution in [3.8, 4) is 0 Å². The lowest BCUT2D eigenvalue weighted by molar-refractivity contribution is -0.384. The molecule has 0 unspecified atom stereocenters. The van der Waals surface area contributed by atoms with Gasteiger partial charge < -0.3 is 4.98 Å². The summed E-state index contributed by atoms with van der Waals surface area (Å²) in [5.74, 6) is 0. The summed E-state index contributed by atoms with van der Waals surface area (Å²) >= 11 is 4.26. The highest BCUT2D eigenvalue weighted by atomic mass is 79.9. The van der Waals surface area contributed by atoms with Crippen molar-refractivity contribution < 1.29 is 9.72 Å². The quantitative estimate of drug-likeness (QED) is 0.420. The number of benzene rings is 2. The molecule has 1 aromatic heterocycles. The molecule has 1 heterocycles. The highest BCUT2D eigenvalue weighted by molar-refractivity contribution is 9.10. The topological polar surface area (TPSA) is 88.9 Å². The molecule has 0 aliphatic heterocycles. The molecule has 0 atom stereocenters. The number of carbonyl (C=O) groups excluding carboxylic acids is 1. The Kier molecular flexibility index (Phi) is 3.95. The maximum Gasteiger partial charge on any atom is 0.271 e. The fraction of sp³-hybridized carbons (Fsp3) is 0. The smallest absolute Gasteiger partial charge is 0.271 e. The van der Waals surface area contributed by atoms with Crippen molar-refractivity contribution in [3.63, 3.8) is 0 Å². The van der Waals surface area contributed by atoms with Crippen molar-refractivity contribution in [2.75, 3.05) is 0 Å². The Balaban J connectivity index is 1.86. The first kappa shape index (κ1) is 14.7. The van der Waals surface area contributed by atoms with Crippen LogP contribution in [0, 0.1) is 10.1 Å². The molecule has 0 saturated heterocycles. The molecule has 0 fully saturated rings. The van der Waals surface area contributed by atoms with E-state index in [0.29, 0.717) is 21.8 Å². The highest BCUT2D eigenvalue weighted by Gasteiger charge is 2.13. The Hall–Kier alpha value is -2.19. The van der Waals surface area contributed by atoms with Crippen molar-refractivity contribution in [3.05, 3.63) is 62.6 Å². The second-order valence-electron chi connectivity index (χ2n) is 4.40. The standard InChI is InChI=1S/C14H8BrN3O3S/c15-9-3-1-8(2-4-9)13(19)22-14-16-11-6-5-10(18(20)21)7-12(11)17-14/h1-7H,(H,16,17). The van der Waals surface area contributed by atoms with Gasteiger partial charge in [-0.2, -0.15) is 0 Å². The molecule has 0 amide bonds. The Morgan fingerprint density at radius 1 is 1.23 bits per heavy atom. The first-order chi connectivity index (χ1) is 10.5. The van der Waals surface area contributed by atoms with Crippen LogP contribution in [-0.2, 0) is 0 Å². The van der Waals surface area contributed by atoms with Gasteiger partial charge in [-0.05, 0) is 42.1 Å². The molecule has 6 nitrogen and oxygen atoms in total. The Morgan fingerprint density at radius 3 is 2.64 bits per heavy atom. The van der Waals surface area contributed by atoms with E-state index in [1.54, 1.807) is 30.3 Å². The van der Waals surface area contributed by atoms with Crippen LogP contribution in [-0.4, -0.2) is 20.0 Å². The van der Waals surface area contributed by atoms with Crippen LogP contribution in [0.4, 0.5) is 5.69 Å². The summed E-state index contributed by atoms with van der Waals surface area (Å²) in [6.07, 6.45) is 0. The lowest BCUT2D eigenvalue weighted by Crippen LogP contribution is -1.93. The average Bonchev–Trinajstić information content (AvgIpc) is 2.88. The lowest BCUT2D eigenvalue weighted by Gasteiger charge is -1.98. The summed E-state index contributed by atoms with van der Waals surface area (Å²) < 4.78 is 0.894. The Labute approximate surface area is 137 Å². The van der Waals surface area contributed by atoms with Gasteiger partial charge in [0.25, 0.3) is 5.69 Å². The van der Waals surface area contributed by atoms with Gasteiger partial charge in [0.1, 0.15) is 0 Å². The van der Waals surface area contributed by atoms with Crippen LogP contribution in [0.3, 0.4) is 0 Å². The lowest BCUT2D eigenvalue weighted by atomic mass is 10.2. The van der Waals surface area contributed by atoms with E-state index in [0.717, 1.165) is 16.2 Å². The number of carbonyl (C=O) groups is 1. The van der Waals surface area contributed by atoms with Crippen molar-refractivity contribution in [2.45, 2.75) is 5.16 Å². The number of aromatic amines is 1. The van der Waals surface area contributed by atoms with Crippen molar-refractivity contribution >= 4 is 49.5 Å². The second-order valence-corrected chi connectivity index (χ2v) is 6.27. The molecule has 0 aliphatic carbocycles. The second kappa shape index (κ2) is 5.90. The van der Waals surface area contributed by atoms with Gasteiger partial charge in [-0.25, -0.2) is 4.98 Å². The molecule has 0 bridgehead atoms.